The minimum atomic E-state index is -3.73. The van der Waals surface area contributed by atoms with E-state index in [4.69, 9.17) is 5.73 Å². The monoisotopic (exact) mass is 374 g/mol. The van der Waals surface area contributed by atoms with Gasteiger partial charge >= 0.3 is 0 Å². The molecule has 0 saturated heterocycles. The maximum absolute atomic E-state index is 12.6. The predicted molar refractivity (Wildman–Crippen MR) is 95.0 cm³/mol. The Labute approximate surface area is 150 Å². The Hall–Kier alpha value is -3.14. The van der Waals surface area contributed by atoms with Crippen molar-refractivity contribution in [3.05, 3.63) is 59.7 Å². The van der Waals surface area contributed by atoms with E-state index in [-0.39, 0.29) is 22.3 Å². The lowest BCUT2D eigenvalue weighted by Gasteiger charge is -2.06. The van der Waals surface area contributed by atoms with Gasteiger partial charge in [0.2, 0.25) is 5.95 Å². The molecule has 9 nitrogen and oxygen atoms in total. The predicted octanol–water partition coefficient (Wildman–Crippen LogP) is 0.706. The second-order valence-electron chi connectivity index (χ2n) is 5.69. The lowest BCUT2D eigenvalue weighted by Crippen LogP contribution is -2.25. The quantitative estimate of drug-likeness (QED) is 0.581. The molecule has 0 saturated carbocycles. The number of carbonyl (C=O) groups is 1. The third-order valence-electron chi connectivity index (χ3n) is 3.72. The summed E-state index contributed by atoms with van der Waals surface area (Å²) in [5, 5.41) is 9.03. The van der Waals surface area contributed by atoms with Crippen molar-refractivity contribution in [2.45, 2.75) is 18.2 Å². The third-order valence-corrected chi connectivity index (χ3v) is 5.37. The number of aromatic nitrogens is 4. The molecule has 0 aliphatic rings. The van der Waals surface area contributed by atoms with E-state index in [1.54, 1.807) is 12.1 Å². The van der Waals surface area contributed by atoms with Crippen LogP contribution in [-0.2, 0) is 16.4 Å². The molecular weight excluding hydrogens is 356 g/mol. The van der Waals surface area contributed by atoms with Crippen molar-refractivity contribution in [2.75, 3.05) is 12.3 Å². The molecule has 2 aromatic heterocycles. The summed E-state index contributed by atoms with van der Waals surface area (Å²) in [4.78, 5) is 16.3. The Bertz CT molecular complexity index is 1020. The van der Waals surface area contributed by atoms with E-state index in [1.807, 2.05) is 6.92 Å². The molecule has 1 amide bonds. The van der Waals surface area contributed by atoms with Crippen LogP contribution in [-0.4, -0.2) is 40.0 Å². The third kappa shape index (κ3) is 3.75. The standard InChI is InChI=1S/C16H18N6O3S/c1-11-2-4-13(5-3-11)26(24,25)22-9-7-12(10-22)15(23)18-8-6-14-19-16(17)21-20-14/h2-5,7,9-10H,6,8H2,1H3,(H,18,23)(H3,17,19,20,21). The van der Waals surface area contributed by atoms with Crippen molar-refractivity contribution in [1.29, 1.82) is 0 Å². The summed E-state index contributed by atoms with van der Waals surface area (Å²) in [7, 11) is -3.73. The fourth-order valence-corrected chi connectivity index (χ4v) is 3.51. The normalized spacial score (nSPS) is 11.4. The van der Waals surface area contributed by atoms with Gasteiger partial charge in [0, 0.05) is 25.4 Å². The van der Waals surface area contributed by atoms with E-state index in [0.29, 0.717) is 18.8 Å². The van der Waals surface area contributed by atoms with Gasteiger partial charge in [-0.15, -0.1) is 5.10 Å². The maximum atomic E-state index is 12.6. The molecule has 0 atom stereocenters. The van der Waals surface area contributed by atoms with E-state index in [0.717, 1.165) is 9.54 Å². The first-order valence-corrected chi connectivity index (χ1v) is 9.25. The highest BCUT2D eigenvalue weighted by Gasteiger charge is 2.18. The number of rotatable bonds is 6. The van der Waals surface area contributed by atoms with Crippen LogP contribution in [0.5, 0.6) is 0 Å². The molecule has 0 fully saturated rings. The lowest BCUT2D eigenvalue weighted by atomic mass is 10.2. The number of hydrogen-bond acceptors (Lipinski definition) is 6. The summed E-state index contributed by atoms with van der Waals surface area (Å²) in [6, 6.07) is 7.97. The number of nitrogens with zero attached hydrogens (tertiary/aromatic N) is 3. The lowest BCUT2D eigenvalue weighted by molar-refractivity contribution is 0.0954. The van der Waals surface area contributed by atoms with Crippen LogP contribution in [0.2, 0.25) is 0 Å². The minimum absolute atomic E-state index is 0.143. The number of nitrogen functional groups attached to an aromatic ring is 1. The van der Waals surface area contributed by atoms with Crippen molar-refractivity contribution in [2.24, 2.45) is 0 Å². The number of anilines is 1. The second-order valence-corrected chi connectivity index (χ2v) is 7.54. The highest BCUT2D eigenvalue weighted by atomic mass is 32.2. The van der Waals surface area contributed by atoms with Gasteiger partial charge in [0.1, 0.15) is 5.82 Å². The second kappa shape index (κ2) is 7.00. The summed E-state index contributed by atoms with van der Waals surface area (Å²) in [6.45, 7) is 2.19. The molecular formula is C16H18N6O3S. The van der Waals surface area contributed by atoms with Gasteiger partial charge in [-0.2, -0.15) is 4.98 Å². The number of nitrogens with two attached hydrogens (primary N) is 1. The number of hydrogen-bond donors (Lipinski definition) is 3. The van der Waals surface area contributed by atoms with Gasteiger partial charge in [0.15, 0.2) is 0 Å². The number of aromatic amines is 1. The molecule has 3 rings (SSSR count). The number of benzene rings is 1. The van der Waals surface area contributed by atoms with Gasteiger partial charge in [0.05, 0.1) is 10.5 Å². The molecule has 0 radical (unpaired) electrons. The van der Waals surface area contributed by atoms with Crippen LogP contribution >= 0.6 is 0 Å². The van der Waals surface area contributed by atoms with E-state index in [1.165, 1.54) is 30.6 Å². The van der Waals surface area contributed by atoms with Crippen molar-refractivity contribution < 1.29 is 13.2 Å². The Balaban J connectivity index is 1.66. The van der Waals surface area contributed by atoms with Crippen molar-refractivity contribution in [1.82, 2.24) is 24.5 Å². The Morgan fingerprint density at radius 2 is 2.00 bits per heavy atom. The molecule has 0 spiro atoms. The highest BCUT2D eigenvalue weighted by Crippen LogP contribution is 2.16. The Morgan fingerprint density at radius 3 is 2.65 bits per heavy atom. The molecule has 0 unspecified atom stereocenters. The summed E-state index contributed by atoms with van der Waals surface area (Å²) in [5.74, 6) is 0.322. The molecule has 0 aliphatic carbocycles. The Kier molecular flexibility index (Phi) is 4.76. The van der Waals surface area contributed by atoms with Gasteiger partial charge < -0.3 is 11.1 Å². The van der Waals surface area contributed by atoms with E-state index < -0.39 is 10.0 Å². The average Bonchev–Trinajstić information content (AvgIpc) is 3.25. The number of nitrogens with one attached hydrogen (secondary N) is 2. The van der Waals surface area contributed by atoms with Crippen LogP contribution in [0.1, 0.15) is 21.7 Å². The van der Waals surface area contributed by atoms with Crippen LogP contribution in [0.15, 0.2) is 47.6 Å². The number of H-pyrrole nitrogens is 1. The summed E-state index contributed by atoms with van der Waals surface area (Å²) in [5.41, 5.74) is 6.61. The zero-order chi connectivity index (χ0) is 18.7. The zero-order valence-corrected chi connectivity index (χ0v) is 14.8. The molecule has 10 heteroatoms. The van der Waals surface area contributed by atoms with Crippen molar-refractivity contribution >= 4 is 21.9 Å². The minimum Gasteiger partial charge on any atom is -0.367 e. The molecule has 2 heterocycles. The smallest absolute Gasteiger partial charge is 0.267 e. The van der Waals surface area contributed by atoms with Gasteiger partial charge in [-0.25, -0.2) is 12.4 Å². The molecule has 0 bridgehead atoms. The average molecular weight is 374 g/mol. The van der Waals surface area contributed by atoms with E-state index in [2.05, 4.69) is 20.5 Å². The summed E-state index contributed by atoms with van der Waals surface area (Å²) in [6.07, 6.45) is 3.07. The molecule has 4 N–H and O–H groups in total. The van der Waals surface area contributed by atoms with Crippen LogP contribution in [0.4, 0.5) is 5.95 Å². The fourth-order valence-electron chi connectivity index (χ4n) is 2.31. The first kappa shape index (κ1) is 17.7. The van der Waals surface area contributed by atoms with Crippen LogP contribution < -0.4 is 11.1 Å². The molecule has 1 aromatic carbocycles. The first-order valence-electron chi connectivity index (χ1n) is 7.81. The summed E-state index contributed by atoms with van der Waals surface area (Å²) < 4.78 is 26.2. The molecule has 3 aromatic rings. The number of amides is 1. The van der Waals surface area contributed by atoms with E-state index >= 15 is 0 Å². The zero-order valence-electron chi connectivity index (χ0n) is 14.0. The first-order chi connectivity index (χ1) is 12.4. The van der Waals surface area contributed by atoms with Crippen molar-refractivity contribution in [3.63, 3.8) is 0 Å². The Morgan fingerprint density at radius 1 is 1.27 bits per heavy atom. The van der Waals surface area contributed by atoms with Crippen molar-refractivity contribution in [3.8, 4) is 0 Å². The number of aryl methyl sites for hydroxylation is 1. The van der Waals surface area contributed by atoms with Crippen LogP contribution in [0.25, 0.3) is 0 Å². The van der Waals surface area contributed by atoms with Gasteiger partial charge in [-0.1, -0.05) is 17.7 Å². The summed E-state index contributed by atoms with van der Waals surface area (Å²) >= 11 is 0. The largest absolute Gasteiger partial charge is 0.367 e. The van der Waals surface area contributed by atoms with Gasteiger partial charge in [-0.3, -0.25) is 9.89 Å². The SMILES string of the molecule is Cc1ccc(S(=O)(=O)n2ccc(C(=O)NCCc3nc(N)n[nH]3)c2)cc1. The molecule has 136 valence electrons. The fraction of sp³-hybridized carbons (Fsp3) is 0.188. The van der Waals surface area contributed by atoms with Crippen LogP contribution in [0, 0.1) is 6.92 Å². The maximum Gasteiger partial charge on any atom is 0.267 e. The van der Waals surface area contributed by atoms with E-state index in [9.17, 15) is 13.2 Å². The van der Waals surface area contributed by atoms with Gasteiger partial charge in [0.25, 0.3) is 15.9 Å². The van der Waals surface area contributed by atoms with Gasteiger partial charge in [-0.05, 0) is 25.1 Å². The van der Waals surface area contributed by atoms with Crippen LogP contribution in [0.3, 0.4) is 0 Å². The number of carbonyl (C=O) groups excluding carboxylic acids is 1. The highest BCUT2D eigenvalue weighted by molar-refractivity contribution is 7.90. The topological polar surface area (TPSA) is 136 Å². The molecule has 26 heavy (non-hydrogen) atoms. The molecule has 0 aliphatic heterocycles.